The van der Waals surface area contributed by atoms with E-state index in [0.29, 0.717) is 53.3 Å². The van der Waals surface area contributed by atoms with Crippen LogP contribution in [-0.4, -0.2) is 24.1 Å². The van der Waals surface area contributed by atoms with Gasteiger partial charge in [0.25, 0.3) is 5.91 Å². The molecule has 1 N–H and O–H groups in total. The molecule has 0 atom stereocenters. The number of anilines is 1. The molecule has 2 heterocycles. The van der Waals surface area contributed by atoms with Crippen molar-refractivity contribution in [2.75, 3.05) is 18.5 Å². The quantitative estimate of drug-likeness (QED) is 0.694. The molecule has 1 aliphatic heterocycles. The van der Waals surface area contributed by atoms with Crippen molar-refractivity contribution in [1.29, 1.82) is 0 Å². The number of fused-ring (bicyclic) bond motifs is 1. The first-order valence-corrected chi connectivity index (χ1v) is 9.10. The number of hydrogen-bond donors (Lipinski definition) is 1. The minimum Gasteiger partial charge on any atom is -0.487 e. The minimum atomic E-state index is -0.305. The molecule has 0 aliphatic carbocycles. The van der Waals surface area contributed by atoms with E-state index in [1.807, 2.05) is 24.3 Å². The Kier molecular flexibility index (Phi) is 5.30. The summed E-state index contributed by atoms with van der Waals surface area (Å²) < 4.78 is 16.7. The lowest BCUT2D eigenvalue weighted by molar-refractivity contribution is 0.102. The third-order valence-corrected chi connectivity index (χ3v) is 4.34. The summed E-state index contributed by atoms with van der Waals surface area (Å²) in [4.78, 5) is 16.8. The maximum absolute atomic E-state index is 12.6. The molecule has 0 saturated carbocycles. The van der Waals surface area contributed by atoms with Gasteiger partial charge in [-0.05, 0) is 36.4 Å². The number of benzene rings is 2. The number of carbonyl (C=O) groups is 1. The van der Waals surface area contributed by atoms with Gasteiger partial charge in [-0.15, -0.1) is 0 Å². The summed E-state index contributed by atoms with van der Waals surface area (Å²) in [6.45, 7) is 1.20. The van der Waals surface area contributed by atoms with E-state index in [0.717, 1.165) is 5.69 Å². The Bertz CT molecular complexity index is 995. The van der Waals surface area contributed by atoms with E-state index in [-0.39, 0.29) is 5.91 Å². The lowest BCUT2D eigenvalue weighted by Gasteiger charge is -2.20. The van der Waals surface area contributed by atoms with Crippen LogP contribution in [0.25, 0.3) is 0 Å². The number of carbonyl (C=O) groups excluding carboxylic acids is 1. The van der Waals surface area contributed by atoms with Crippen LogP contribution in [0.1, 0.15) is 16.1 Å². The Morgan fingerprint density at radius 1 is 1.11 bits per heavy atom. The number of halogens is 1. The van der Waals surface area contributed by atoms with E-state index < -0.39 is 0 Å². The maximum atomic E-state index is 12.6. The SMILES string of the molecule is O=C(Nc1cccc(OCc2ccccn2)c1)c1cc(Cl)c2c(c1)OCCO2. The second kappa shape index (κ2) is 8.19. The lowest BCUT2D eigenvalue weighted by atomic mass is 10.1. The summed E-state index contributed by atoms with van der Waals surface area (Å²) in [6.07, 6.45) is 1.72. The van der Waals surface area contributed by atoms with Crippen molar-refractivity contribution in [3.05, 3.63) is 77.1 Å². The average molecular weight is 397 g/mol. The molecule has 0 radical (unpaired) electrons. The Balaban J connectivity index is 1.45. The molecule has 0 unspecified atom stereocenters. The van der Waals surface area contributed by atoms with Crippen LogP contribution >= 0.6 is 11.6 Å². The normalized spacial score (nSPS) is 12.3. The fourth-order valence-electron chi connectivity index (χ4n) is 2.75. The van der Waals surface area contributed by atoms with E-state index in [4.69, 9.17) is 25.8 Å². The maximum Gasteiger partial charge on any atom is 0.255 e. The predicted molar refractivity (Wildman–Crippen MR) is 105 cm³/mol. The monoisotopic (exact) mass is 396 g/mol. The summed E-state index contributed by atoms with van der Waals surface area (Å²) in [7, 11) is 0. The van der Waals surface area contributed by atoms with Crippen LogP contribution < -0.4 is 19.5 Å². The molecule has 7 heteroatoms. The van der Waals surface area contributed by atoms with Crippen LogP contribution in [0.4, 0.5) is 5.69 Å². The third-order valence-electron chi connectivity index (χ3n) is 4.06. The molecule has 1 aliphatic rings. The Labute approximate surface area is 167 Å². The molecule has 142 valence electrons. The standard InChI is InChI=1S/C21H17ClN2O4/c22-18-10-14(11-19-20(18)27-9-8-26-19)21(25)24-15-5-3-6-17(12-15)28-13-16-4-1-2-7-23-16/h1-7,10-12H,8-9,13H2,(H,24,25). The van der Waals surface area contributed by atoms with Gasteiger partial charge in [-0.1, -0.05) is 23.7 Å². The predicted octanol–water partition coefficient (Wildman–Crippen LogP) is 4.34. The molecular weight excluding hydrogens is 380 g/mol. The Morgan fingerprint density at radius 2 is 2.00 bits per heavy atom. The second-order valence-corrected chi connectivity index (χ2v) is 6.48. The van der Waals surface area contributed by atoms with Gasteiger partial charge in [0.15, 0.2) is 11.5 Å². The third kappa shape index (κ3) is 4.18. The van der Waals surface area contributed by atoms with Gasteiger partial charge < -0.3 is 19.5 Å². The molecule has 1 aromatic heterocycles. The van der Waals surface area contributed by atoms with Gasteiger partial charge in [-0.25, -0.2) is 0 Å². The van der Waals surface area contributed by atoms with Crippen LogP contribution in [0.2, 0.25) is 5.02 Å². The van der Waals surface area contributed by atoms with E-state index in [9.17, 15) is 4.79 Å². The van der Waals surface area contributed by atoms with Gasteiger partial charge in [0.2, 0.25) is 0 Å². The van der Waals surface area contributed by atoms with Crippen LogP contribution in [0.3, 0.4) is 0 Å². The highest BCUT2D eigenvalue weighted by atomic mass is 35.5. The largest absolute Gasteiger partial charge is 0.487 e. The summed E-state index contributed by atoms with van der Waals surface area (Å²) in [6, 6.07) is 16.0. The van der Waals surface area contributed by atoms with Gasteiger partial charge >= 0.3 is 0 Å². The van der Waals surface area contributed by atoms with Crippen molar-refractivity contribution in [1.82, 2.24) is 4.98 Å². The summed E-state index contributed by atoms with van der Waals surface area (Å²) in [5.41, 5.74) is 1.81. The zero-order chi connectivity index (χ0) is 19.3. The number of rotatable bonds is 5. The van der Waals surface area contributed by atoms with Gasteiger partial charge in [0.1, 0.15) is 25.6 Å². The zero-order valence-electron chi connectivity index (χ0n) is 14.9. The minimum absolute atomic E-state index is 0.305. The molecule has 3 aromatic rings. The number of amides is 1. The number of ether oxygens (including phenoxy) is 3. The Morgan fingerprint density at radius 3 is 2.86 bits per heavy atom. The van der Waals surface area contributed by atoms with E-state index in [1.54, 1.807) is 36.5 Å². The molecule has 0 bridgehead atoms. The zero-order valence-corrected chi connectivity index (χ0v) is 15.6. The van der Waals surface area contributed by atoms with Crippen molar-refractivity contribution in [2.45, 2.75) is 6.61 Å². The number of hydrogen-bond acceptors (Lipinski definition) is 5. The topological polar surface area (TPSA) is 69.7 Å². The fraction of sp³-hybridized carbons (Fsp3) is 0.143. The molecule has 28 heavy (non-hydrogen) atoms. The van der Waals surface area contributed by atoms with Crippen LogP contribution in [0.15, 0.2) is 60.8 Å². The van der Waals surface area contributed by atoms with Crippen molar-refractivity contribution < 1.29 is 19.0 Å². The Hall–Kier alpha value is -3.25. The first-order chi connectivity index (χ1) is 13.7. The molecule has 2 aromatic carbocycles. The molecule has 4 rings (SSSR count). The average Bonchev–Trinajstić information content (AvgIpc) is 2.73. The van der Waals surface area contributed by atoms with E-state index in [1.165, 1.54) is 0 Å². The molecule has 6 nitrogen and oxygen atoms in total. The molecule has 1 amide bonds. The van der Waals surface area contributed by atoms with Crippen LogP contribution in [0.5, 0.6) is 17.2 Å². The molecule has 0 fully saturated rings. The van der Waals surface area contributed by atoms with Gasteiger partial charge in [0, 0.05) is 23.5 Å². The smallest absolute Gasteiger partial charge is 0.255 e. The summed E-state index contributed by atoms with van der Waals surface area (Å²) in [5.74, 6) is 1.26. The van der Waals surface area contributed by atoms with Gasteiger partial charge in [0.05, 0.1) is 10.7 Å². The first-order valence-electron chi connectivity index (χ1n) is 8.72. The highest BCUT2D eigenvalue weighted by Gasteiger charge is 2.19. The molecule has 0 spiro atoms. The number of nitrogens with zero attached hydrogens (tertiary/aromatic N) is 1. The van der Waals surface area contributed by atoms with Gasteiger partial charge in [-0.3, -0.25) is 9.78 Å². The second-order valence-electron chi connectivity index (χ2n) is 6.07. The van der Waals surface area contributed by atoms with Crippen LogP contribution in [-0.2, 0) is 6.61 Å². The highest BCUT2D eigenvalue weighted by molar-refractivity contribution is 6.32. The van der Waals surface area contributed by atoms with E-state index in [2.05, 4.69) is 10.3 Å². The van der Waals surface area contributed by atoms with Crippen molar-refractivity contribution in [2.24, 2.45) is 0 Å². The number of nitrogens with one attached hydrogen (secondary N) is 1. The van der Waals surface area contributed by atoms with Crippen molar-refractivity contribution >= 4 is 23.2 Å². The number of pyridine rings is 1. The number of aromatic nitrogens is 1. The first kappa shape index (κ1) is 18.1. The van der Waals surface area contributed by atoms with Crippen molar-refractivity contribution in [3.63, 3.8) is 0 Å². The van der Waals surface area contributed by atoms with Gasteiger partial charge in [-0.2, -0.15) is 0 Å². The highest BCUT2D eigenvalue weighted by Crippen LogP contribution is 2.38. The van der Waals surface area contributed by atoms with E-state index >= 15 is 0 Å². The molecule has 0 saturated heterocycles. The molecular formula is C21H17ClN2O4. The lowest BCUT2D eigenvalue weighted by Crippen LogP contribution is -2.17. The van der Waals surface area contributed by atoms with Crippen LogP contribution in [0, 0.1) is 0 Å². The van der Waals surface area contributed by atoms with Crippen molar-refractivity contribution in [3.8, 4) is 17.2 Å². The summed E-state index contributed by atoms with van der Waals surface area (Å²) in [5, 5.41) is 3.18. The summed E-state index contributed by atoms with van der Waals surface area (Å²) >= 11 is 6.21. The fourth-order valence-corrected chi connectivity index (χ4v) is 3.01.